The summed E-state index contributed by atoms with van der Waals surface area (Å²) in [5, 5.41) is 12.1. The van der Waals surface area contributed by atoms with Crippen LogP contribution in [0.2, 0.25) is 0 Å². The highest BCUT2D eigenvalue weighted by Gasteiger charge is 2.09. The lowest BCUT2D eigenvalue weighted by atomic mass is 10.2. The maximum Gasteiger partial charge on any atom is 0.251 e. The number of aromatic hydroxyl groups is 1. The number of phenols is 1. The van der Waals surface area contributed by atoms with E-state index in [9.17, 15) is 9.90 Å². The van der Waals surface area contributed by atoms with Crippen LogP contribution in [0.1, 0.15) is 23.7 Å². The molecule has 1 amide bonds. The molecule has 1 aromatic rings. The summed E-state index contributed by atoms with van der Waals surface area (Å²) in [6, 6.07) is 4.67. The molecule has 2 N–H and O–H groups in total. The fourth-order valence-corrected chi connectivity index (χ4v) is 1.43. The number of alkyl halides is 1. The van der Waals surface area contributed by atoms with Crippen molar-refractivity contribution in [2.45, 2.75) is 18.7 Å². The first-order chi connectivity index (χ1) is 7.54. The fraction of sp³-hybridized carbons (Fsp3) is 0.364. The maximum absolute atomic E-state index is 11.6. The van der Waals surface area contributed by atoms with Gasteiger partial charge in [-0.2, -0.15) is 0 Å². The molecule has 0 aliphatic carbocycles. The van der Waals surface area contributed by atoms with Gasteiger partial charge < -0.3 is 10.4 Å². The molecular formula is C11H13BrClNO2. The average Bonchev–Trinajstić information content (AvgIpc) is 2.29. The van der Waals surface area contributed by atoms with Crippen molar-refractivity contribution >= 4 is 33.4 Å². The molecule has 3 nitrogen and oxygen atoms in total. The molecule has 0 bridgehead atoms. The molecule has 0 radical (unpaired) electrons. The summed E-state index contributed by atoms with van der Waals surface area (Å²) in [5.41, 5.74) is 0.417. The highest BCUT2D eigenvalue weighted by Crippen LogP contribution is 2.24. The van der Waals surface area contributed by atoms with Crippen LogP contribution in [0.4, 0.5) is 0 Å². The zero-order valence-corrected chi connectivity index (χ0v) is 11.2. The minimum Gasteiger partial charge on any atom is -0.507 e. The topological polar surface area (TPSA) is 49.3 Å². The average molecular weight is 307 g/mol. The molecule has 0 aromatic heterocycles. The zero-order valence-electron chi connectivity index (χ0n) is 8.84. The number of hydrogen-bond donors (Lipinski definition) is 2. The van der Waals surface area contributed by atoms with Crippen LogP contribution in [0.3, 0.4) is 0 Å². The lowest BCUT2D eigenvalue weighted by Crippen LogP contribution is -2.29. The predicted octanol–water partition coefficient (Wildman–Crippen LogP) is 2.90. The number of halogens is 2. The summed E-state index contributed by atoms with van der Waals surface area (Å²) in [4.78, 5) is 11.6. The Kier molecular flexibility index (Phi) is 5.09. The van der Waals surface area contributed by atoms with Crippen molar-refractivity contribution in [3.8, 4) is 5.75 Å². The van der Waals surface area contributed by atoms with Crippen LogP contribution in [0.5, 0.6) is 5.75 Å². The fourth-order valence-electron chi connectivity index (χ4n) is 1.10. The Balaban J connectivity index is 2.63. The Labute approximate surface area is 108 Å². The van der Waals surface area contributed by atoms with E-state index in [0.717, 1.165) is 6.42 Å². The number of nitrogens with one attached hydrogen (secondary N) is 1. The maximum atomic E-state index is 11.6. The summed E-state index contributed by atoms with van der Waals surface area (Å²) in [5.74, 6) is -0.188. The molecule has 0 spiro atoms. The first-order valence-corrected chi connectivity index (χ1v) is 6.18. The number of hydrogen-bond acceptors (Lipinski definition) is 2. The molecule has 0 aliphatic heterocycles. The normalized spacial score (nSPS) is 12.2. The molecule has 88 valence electrons. The van der Waals surface area contributed by atoms with Crippen LogP contribution in [-0.2, 0) is 0 Å². The quantitative estimate of drug-likeness (QED) is 0.840. The lowest BCUT2D eigenvalue weighted by molar-refractivity contribution is 0.0953. The van der Waals surface area contributed by atoms with Gasteiger partial charge in [0.25, 0.3) is 5.91 Å². The van der Waals surface area contributed by atoms with Crippen LogP contribution < -0.4 is 5.32 Å². The van der Waals surface area contributed by atoms with Crippen molar-refractivity contribution in [3.63, 3.8) is 0 Å². The summed E-state index contributed by atoms with van der Waals surface area (Å²) in [7, 11) is 0. The highest BCUT2D eigenvalue weighted by atomic mass is 79.9. The predicted molar refractivity (Wildman–Crippen MR) is 68.1 cm³/mol. The SMILES string of the molecule is CCC(Cl)CNC(=O)c1ccc(Br)c(O)c1. The van der Waals surface area contributed by atoms with Gasteiger partial charge in [0.2, 0.25) is 0 Å². The van der Waals surface area contributed by atoms with Crippen LogP contribution in [0.25, 0.3) is 0 Å². The minimum atomic E-state index is -0.234. The van der Waals surface area contributed by atoms with E-state index in [-0.39, 0.29) is 17.0 Å². The van der Waals surface area contributed by atoms with Crippen LogP contribution in [0, 0.1) is 0 Å². The Bertz CT molecular complexity index is 384. The monoisotopic (exact) mass is 305 g/mol. The van der Waals surface area contributed by atoms with Crippen LogP contribution in [0.15, 0.2) is 22.7 Å². The third-order valence-corrected chi connectivity index (χ3v) is 3.27. The molecule has 1 atom stereocenters. The standard InChI is InChI=1S/C11H13BrClNO2/c1-2-8(13)6-14-11(16)7-3-4-9(12)10(15)5-7/h3-5,8,15H,2,6H2,1H3,(H,14,16). The first-order valence-electron chi connectivity index (χ1n) is 4.95. The Hall–Kier alpha value is -0.740. The van der Waals surface area contributed by atoms with Gasteiger partial charge in [-0.05, 0) is 40.5 Å². The van der Waals surface area contributed by atoms with E-state index < -0.39 is 0 Å². The highest BCUT2D eigenvalue weighted by molar-refractivity contribution is 9.10. The number of phenolic OH excluding ortho intramolecular Hbond substituents is 1. The van der Waals surface area contributed by atoms with E-state index in [1.807, 2.05) is 6.92 Å². The molecule has 0 saturated heterocycles. The number of benzene rings is 1. The molecule has 5 heteroatoms. The van der Waals surface area contributed by atoms with Crippen molar-refractivity contribution in [2.75, 3.05) is 6.54 Å². The van der Waals surface area contributed by atoms with E-state index in [1.54, 1.807) is 12.1 Å². The van der Waals surface area contributed by atoms with E-state index in [4.69, 9.17) is 11.6 Å². The Morgan fingerprint density at radius 1 is 1.62 bits per heavy atom. The first kappa shape index (κ1) is 13.3. The van der Waals surface area contributed by atoms with Crippen molar-refractivity contribution in [1.29, 1.82) is 0 Å². The molecule has 1 rings (SSSR count). The molecule has 1 unspecified atom stereocenters. The van der Waals surface area contributed by atoms with Crippen LogP contribution >= 0.6 is 27.5 Å². The zero-order chi connectivity index (χ0) is 12.1. The second kappa shape index (κ2) is 6.11. The van der Waals surface area contributed by atoms with Crippen molar-refractivity contribution in [1.82, 2.24) is 5.32 Å². The summed E-state index contributed by atoms with van der Waals surface area (Å²) in [6.07, 6.45) is 0.799. The molecule has 16 heavy (non-hydrogen) atoms. The summed E-state index contributed by atoms with van der Waals surface area (Å²) < 4.78 is 0.563. The van der Waals surface area contributed by atoms with E-state index in [2.05, 4.69) is 21.2 Å². The third-order valence-electron chi connectivity index (χ3n) is 2.14. The number of carbonyl (C=O) groups is 1. The molecule has 0 fully saturated rings. The number of rotatable bonds is 4. The minimum absolute atomic E-state index is 0.0468. The van der Waals surface area contributed by atoms with Gasteiger partial charge in [-0.15, -0.1) is 11.6 Å². The molecule has 0 aliphatic rings. The van der Waals surface area contributed by atoms with Gasteiger partial charge >= 0.3 is 0 Å². The van der Waals surface area contributed by atoms with Gasteiger partial charge in [0.1, 0.15) is 5.75 Å². The largest absolute Gasteiger partial charge is 0.507 e. The number of carbonyl (C=O) groups excluding carboxylic acids is 1. The van der Waals surface area contributed by atoms with Gasteiger partial charge in [0.05, 0.1) is 9.85 Å². The Morgan fingerprint density at radius 3 is 2.88 bits per heavy atom. The Morgan fingerprint density at radius 2 is 2.31 bits per heavy atom. The molecule has 0 saturated carbocycles. The van der Waals surface area contributed by atoms with Gasteiger partial charge in [-0.1, -0.05) is 6.92 Å². The van der Waals surface area contributed by atoms with Gasteiger partial charge in [-0.25, -0.2) is 0 Å². The van der Waals surface area contributed by atoms with Crippen molar-refractivity contribution in [2.24, 2.45) is 0 Å². The molecule has 0 heterocycles. The van der Waals surface area contributed by atoms with Crippen molar-refractivity contribution in [3.05, 3.63) is 28.2 Å². The van der Waals surface area contributed by atoms with E-state index in [1.165, 1.54) is 6.07 Å². The second-order valence-corrected chi connectivity index (χ2v) is 4.85. The molecular weight excluding hydrogens is 293 g/mol. The smallest absolute Gasteiger partial charge is 0.251 e. The summed E-state index contributed by atoms with van der Waals surface area (Å²) in [6.45, 7) is 2.38. The van der Waals surface area contributed by atoms with Crippen molar-refractivity contribution < 1.29 is 9.90 Å². The number of amides is 1. The third kappa shape index (κ3) is 3.68. The van der Waals surface area contributed by atoms with Crippen LogP contribution in [-0.4, -0.2) is 22.9 Å². The molecule has 1 aromatic carbocycles. The van der Waals surface area contributed by atoms with Gasteiger partial charge in [-0.3, -0.25) is 4.79 Å². The summed E-state index contributed by atoms with van der Waals surface area (Å²) >= 11 is 9.03. The van der Waals surface area contributed by atoms with Gasteiger partial charge in [0, 0.05) is 12.1 Å². The lowest BCUT2D eigenvalue weighted by Gasteiger charge is -2.09. The van der Waals surface area contributed by atoms with Gasteiger partial charge in [0.15, 0.2) is 0 Å². The second-order valence-electron chi connectivity index (χ2n) is 3.38. The van der Waals surface area contributed by atoms with E-state index in [0.29, 0.717) is 16.6 Å². The van der Waals surface area contributed by atoms with E-state index >= 15 is 0 Å².